The van der Waals surface area contributed by atoms with Gasteiger partial charge in [-0.15, -0.1) is 11.3 Å². The van der Waals surface area contributed by atoms with Crippen molar-refractivity contribution in [3.63, 3.8) is 0 Å². The molecule has 0 saturated carbocycles. The number of carbonyl (C=O) groups is 1. The Morgan fingerprint density at radius 2 is 2.03 bits per heavy atom. The van der Waals surface area contributed by atoms with Crippen molar-refractivity contribution < 1.29 is 9.18 Å². The first-order valence-electron chi connectivity index (χ1n) is 10.4. The van der Waals surface area contributed by atoms with Crippen LogP contribution in [0, 0.1) is 19.7 Å². The number of anilines is 1. The minimum absolute atomic E-state index is 0.0111. The molecule has 0 N–H and O–H groups in total. The van der Waals surface area contributed by atoms with E-state index in [0.29, 0.717) is 22.9 Å². The molecule has 1 aromatic carbocycles. The molecule has 1 aliphatic heterocycles. The number of likely N-dealkylation sites (tertiary alicyclic amines) is 1. The van der Waals surface area contributed by atoms with E-state index in [4.69, 9.17) is 4.98 Å². The molecule has 6 nitrogen and oxygen atoms in total. The quantitative estimate of drug-likeness (QED) is 0.585. The Labute approximate surface area is 185 Å². The molecule has 1 saturated heterocycles. The number of amides is 1. The number of hydrogen-bond acceptors (Lipinski definition) is 6. The first kappa shape index (κ1) is 21.4. The van der Waals surface area contributed by atoms with E-state index in [9.17, 15) is 9.18 Å². The van der Waals surface area contributed by atoms with Crippen LogP contribution >= 0.6 is 11.3 Å². The van der Waals surface area contributed by atoms with Crippen molar-refractivity contribution in [1.29, 1.82) is 0 Å². The predicted molar refractivity (Wildman–Crippen MR) is 121 cm³/mol. The molecule has 1 atom stereocenters. The van der Waals surface area contributed by atoms with Crippen molar-refractivity contribution in [3.05, 3.63) is 57.6 Å². The van der Waals surface area contributed by atoms with Crippen LogP contribution in [0.25, 0.3) is 11.1 Å². The molecule has 0 bridgehead atoms. The molecule has 3 heterocycles. The lowest BCUT2D eigenvalue weighted by Gasteiger charge is -2.36. The Kier molecular flexibility index (Phi) is 6.00. The second-order valence-corrected chi connectivity index (χ2v) is 9.23. The van der Waals surface area contributed by atoms with E-state index in [1.54, 1.807) is 12.3 Å². The van der Waals surface area contributed by atoms with Gasteiger partial charge in [0, 0.05) is 32.4 Å². The lowest BCUT2D eigenvalue weighted by atomic mass is 9.93. The largest absolute Gasteiger partial charge is 0.347 e. The van der Waals surface area contributed by atoms with Gasteiger partial charge in [-0.05, 0) is 50.8 Å². The van der Waals surface area contributed by atoms with Gasteiger partial charge in [0.1, 0.15) is 10.7 Å². The van der Waals surface area contributed by atoms with E-state index in [1.165, 1.54) is 23.5 Å². The number of aryl methyl sites for hydroxylation is 2. The maximum atomic E-state index is 14.0. The fourth-order valence-electron chi connectivity index (χ4n) is 4.05. The molecular formula is C23H26FN5OS. The lowest BCUT2D eigenvalue weighted by molar-refractivity contribution is 0.0611. The van der Waals surface area contributed by atoms with E-state index in [-0.39, 0.29) is 17.8 Å². The summed E-state index contributed by atoms with van der Waals surface area (Å²) in [6, 6.07) is 6.24. The van der Waals surface area contributed by atoms with Gasteiger partial charge >= 0.3 is 0 Å². The highest BCUT2D eigenvalue weighted by molar-refractivity contribution is 7.13. The number of thiazole rings is 1. The number of piperidine rings is 1. The highest BCUT2D eigenvalue weighted by atomic mass is 32.1. The number of aromatic nitrogens is 3. The Hall–Kier alpha value is -2.87. The standard InChI is InChI=1S/C23H26FN5OS/c1-14-21(31-15(2)26-14)22(30)29-11-6-5-10-19(29)20-18(13-25-23(27-20)28(3)4)16-8-7-9-17(24)12-16/h7-9,12-13,19H,5-6,10-11H2,1-4H3. The van der Waals surface area contributed by atoms with E-state index in [1.807, 2.05) is 43.8 Å². The van der Waals surface area contributed by atoms with Crippen LogP contribution in [0.5, 0.6) is 0 Å². The first-order valence-corrected chi connectivity index (χ1v) is 11.2. The van der Waals surface area contributed by atoms with Crippen molar-refractivity contribution in [3.8, 4) is 11.1 Å². The fourth-order valence-corrected chi connectivity index (χ4v) is 4.93. The molecule has 1 unspecified atom stereocenters. The number of hydrogen-bond donors (Lipinski definition) is 0. The summed E-state index contributed by atoms with van der Waals surface area (Å²) in [6.07, 6.45) is 4.49. The van der Waals surface area contributed by atoms with Crippen molar-refractivity contribution >= 4 is 23.2 Å². The SMILES string of the molecule is Cc1nc(C)c(C(=O)N2CCCCC2c2nc(N(C)C)ncc2-c2cccc(F)c2)s1. The molecule has 1 amide bonds. The Morgan fingerprint density at radius 3 is 2.71 bits per heavy atom. The molecule has 0 spiro atoms. The summed E-state index contributed by atoms with van der Waals surface area (Å²) in [5, 5.41) is 0.881. The van der Waals surface area contributed by atoms with Gasteiger partial charge in [0.25, 0.3) is 5.91 Å². The minimum atomic E-state index is -0.313. The van der Waals surface area contributed by atoms with Gasteiger partial charge in [-0.3, -0.25) is 4.79 Å². The molecule has 8 heteroatoms. The molecule has 1 aliphatic rings. The monoisotopic (exact) mass is 439 g/mol. The summed E-state index contributed by atoms with van der Waals surface area (Å²) in [5.41, 5.74) is 2.99. The van der Waals surface area contributed by atoms with Gasteiger partial charge in [0.15, 0.2) is 0 Å². The first-order chi connectivity index (χ1) is 14.8. The summed E-state index contributed by atoms with van der Waals surface area (Å²) in [6.45, 7) is 4.45. The van der Waals surface area contributed by atoms with Gasteiger partial charge in [-0.1, -0.05) is 12.1 Å². The van der Waals surface area contributed by atoms with E-state index < -0.39 is 0 Å². The van der Waals surface area contributed by atoms with Gasteiger partial charge in [0.2, 0.25) is 5.95 Å². The second-order valence-electron chi connectivity index (χ2n) is 8.03. The Balaban J connectivity index is 1.82. The maximum absolute atomic E-state index is 14.0. The fraction of sp³-hybridized carbons (Fsp3) is 0.391. The third kappa shape index (κ3) is 4.30. The Morgan fingerprint density at radius 1 is 1.23 bits per heavy atom. The van der Waals surface area contributed by atoms with E-state index in [0.717, 1.165) is 41.2 Å². The zero-order valence-electron chi connectivity index (χ0n) is 18.2. The Bertz CT molecular complexity index is 1110. The highest BCUT2D eigenvalue weighted by Crippen LogP contribution is 2.38. The molecule has 31 heavy (non-hydrogen) atoms. The van der Waals surface area contributed by atoms with Crippen LogP contribution in [0.4, 0.5) is 10.3 Å². The third-order valence-electron chi connectivity index (χ3n) is 5.52. The zero-order valence-corrected chi connectivity index (χ0v) is 19.0. The van der Waals surface area contributed by atoms with Gasteiger partial charge in [0.05, 0.1) is 22.4 Å². The highest BCUT2D eigenvalue weighted by Gasteiger charge is 2.33. The maximum Gasteiger partial charge on any atom is 0.266 e. The van der Waals surface area contributed by atoms with Crippen LogP contribution in [-0.4, -0.2) is 46.4 Å². The lowest BCUT2D eigenvalue weighted by Crippen LogP contribution is -2.39. The average Bonchev–Trinajstić information content (AvgIpc) is 3.10. The number of rotatable bonds is 4. The molecule has 2 aromatic heterocycles. The van der Waals surface area contributed by atoms with Crippen LogP contribution in [-0.2, 0) is 0 Å². The topological polar surface area (TPSA) is 62.2 Å². The van der Waals surface area contributed by atoms with E-state index >= 15 is 0 Å². The third-order valence-corrected chi connectivity index (χ3v) is 6.58. The van der Waals surface area contributed by atoms with Crippen LogP contribution in [0.1, 0.15) is 51.4 Å². The normalized spacial score (nSPS) is 16.4. The molecule has 4 rings (SSSR count). The van der Waals surface area contributed by atoms with Gasteiger partial charge in [-0.2, -0.15) is 0 Å². The number of halogens is 1. The summed E-state index contributed by atoms with van der Waals surface area (Å²) in [4.78, 5) is 31.7. The predicted octanol–water partition coefficient (Wildman–Crippen LogP) is 4.79. The van der Waals surface area contributed by atoms with Gasteiger partial charge in [-0.25, -0.2) is 19.3 Å². The minimum Gasteiger partial charge on any atom is -0.347 e. The van der Waals surface area contributed by atoms with Crippen molar-refractivity contribution in [1.82, 2.24) is 19.9 Å². The second kappa shape index (κ2) is 8.70. The molecule has 0 aliphatic carbocycles. The van der Waals surface area contributed by atoms with Gasteiger partial charge < -0.3 is 9.80 Å². The summed E-state index contributed by atoms with van der Waals surface area (Å²) >= 11 is 1.43. The molecular weight excluding hydrogens is 413 g/mol. The molecule has 1 fully saturated rings. The summed E-state index contributed by atoms with van der Waals surface area (Å²) in [5.74, 6) is 0.244. The smallest absolute Gasteiger partial charge is 0.266 e. The molecule has 0 radical (unpaired) electrons. The van der Waals surface area contributed by atoms with Crippen LogP contribution in [0.3, 0.4) is 0 Å². The molecule has 3 aromatic rings. The van der Waals surface area contributed by atoms with Crippen LogP contribution in [0.15, 0.2) is 30.5 Å². The number of benzene rings is 1. The van der Waals surface area contributed by atoms with Crippen molar-refractivity contribution in [2.24, 2.45) is 0 Å². The van der Waals surface area contributed by atoms with Crippen LogP contribution in [0.2, 0.25) is 0 Å². The van der Waals surface area contributed by atoms with Crippen molar-refractivity contribution in [2.45, 2.75) is 39.2 Å². The van der Waals surface area contributed by atoms with E-state index in [2.05, 4.69) is 9.97 Å². The molecule has 162 valence electrons. The number of nitrogens with zero attached hydrogens (tertiary/aromatic N) is 5. The van der Waals surface area contributed by atoms with Crippen molar-refractivity contribution in [2.75, 3.05) is 25.5 Å². The summed E-state index contributed by atoms with van der Waals surface area (Å²) in [7, 11) is 3.77. The average molecular weight is 440 g/mol. The summed E-state index contributed by atoms with van der Waals surface area (Å²) < 4.78 is 14.0. The zero-order chi connectivity index (χ0) is 22.1. The number of carbonyl (C=O) groups excluding carboxylic acids is 1. The van der Waals surface area contributed by atoms with Crippen LogP contribution < -0.4 is 4.90 Å².